The van der Waals surface area contributed by atoms with Gasteiger partial charge in [0.2, 0.25) is 5.91 Å². The van der Waals surface area contributed by atoms with Crippen molar-refractivity contribution in [1.82, 2.24) is 15.5 Å². The summed E-state index contributed by atoms with van der Waals surface area (Å²) in [5, 5.41) is 6.30. The topological polar surface area (TPSA) is 56.7 Å². The van der Waals surface area contributed by atoms with E-state index in [-0.39, 0.29) is 5.91 Å². The van der Waals surface area contributed by atoms with Gasteiger partial charge in [-0.2, -0.15) is 0 Å². The number of carbonyl (C=O) groups is 1. The van der Waals surface area contributed by atoms with Gasteiger partial charge in [0.05, 0.1) is 6.54 Å². The van der Waals surface area contributed by atoms with Crippen molar-refractivity contribution in [3.8, 4) is 0 Å². The fraction of sp³-hybridized carbons (Fsp3) is 0.579. The number of amides is 1. The molecule has 24 heavy (non-hydrogen) atoms. The predicted molar refractivity (Wildman–Crippen MR) is 98.9 cm³/mol. The van der Waals surface area contributed by atoms with E-state index in [0.29, 0.717) is 32.0 Å². The van der Waals surface area contributed by atoms with Crippen LogP contribution in [0, 0.1) is 5.92 Å². The zero-order chi connectivity index (χ0) is 17.2. The largest absolute Gasteiger partial charge is 0.354 e. The van der Waals surface area contributed by atoms with Crippen molar-refractivity contribution in [3.05, 3.63) is 35.9 Å². The van der Waals surface area contributed by atoms with Crippen molar-refractivity contribution in [2.24, 2.45) is 10.9 Å². The molecule has 1 saturated carbocycles. The Morgan fingerprint density at radius 1 is 1.12 bits per heavy atom. The van der Waals surface area contributed by atoms with Gasteiger partial charge in [0.25, 0.3) is 0 Å². The van der Waals surface area contributed by atoms with Crippen LogP contribution in [0.15, 0.2) is 35.3 Å². The quantitative estimate of drug-likeness (QED) is 0.458. The van der Waals surface area contributed by atoms with Crippen LogP contribution >= 0.6 is 0 Å². The highest BCUT2D eigenvalue weighted by molar-refractivity contribution is 5.79. The van der Waals surface area contributed by atoms with Crippen LogP contribution in [0.1, 0.15) is 37.7 Å². The molecule has 2 N–H and O–H groups in total. The average Bonchev–Trinajstić information content (AvgIpc) is 3.07. The van der Waals surface area contributed by atoms with Crippen molar-refractivity contribution in [1.29, 1.82) is 0 Å². The third-order valence-electron chi connectivity index (χ3n) is 4.36. The first-order chi connectivity index (χ1) is 11.6. The molecule has 1 aromatic carbocycles. The Bertz CT molecular complexity index is 521. The molecule has 0 bridgehead atoms. The van der Waals surface area contributed by atoms with E-state index in [1.807, 2.05) is 37.2 Å². The molecule has 132 valence electrons. The lowest BCUT2D eigenvalue weighted by molar-refractivity contribution is -0.121. The van der Waals surface area contributed by atoms with E-state index in [1.54, 1.807) is 0 Å². The van der Waals surface area contributed by atoms with Crippen LogP contribution in [0.25, 0.3) is 0 Å². The maximum atomic E-state index is 11.9. The Kier molecular flexibility index (Phi) is 7.59. The Balaban J connectivity index is 1.68. The molecule has 0 spiro atoms. The van der Waals surface area contributed by atoms with E-state index in [4.69, 9.17) is 0 Å². The molecule has 0 aliphatic heterocycles. The minimum Gasteiger partial charge on any atom is -0.354 e. The fourth-order valence-corrected chi connectivity index (χ4v) is 3.03. The second-order valence-corrected chi connectivity index (χ2v) is 6.65. The highest BCUT2D eigenvalue weighted by Crippen LogP contribution is 2.27. The predicted octanol–water partition coefficient (Wildman–Crippen LogP) is 2.39. The van der Waals surface area contributed by atoms with Gasteiger partial charge < -0.3 is 15.5 Å². The number of rotatable bonds is 7. The van der Waals surface area contributed by atoms with Crippen molar-refractivity contribution >= 4 is 11.9 Å². The van der Waals surface area contributed by atoms with E-state index in [0.717, 1.165) is 5.96 Å². The molecule has 0 atom stereocenters. The van der Waals surface area contributed by atoms with E-state index in [2.05, 4.69) is 27.8 Å². The van der Waals surface area contributed by atoms with E-state index < -0.39 is 0 Å². The molecule has 5 nitrogen and oxygen atoms in total. The summed E-state index contributed by atoms with van der Waals surface area (Å²) in [7, 11) is 3.94. The van der Waals surface area contributed by atoms with Crippen molar-refractivity contribution in [3.63, 3.8) is 0 Å². The maximum Gasteiger partial charge on any atom is 0.220 e. The Morgan fingerprint density at radius 3 is 2.46 bits per heavy atom. The third kappa shape index (κ3) is 6.60. The van der Waals surface area contributed by atoms with Crippen molar-refractivity contribution in [2.45, 2.75) is 38.6 Å². The molecule has 1 aliphatic rings. The average molecular weight is 330 g/mol. The summed E-state index contributed by atoms with van der Waals surface area (Å²) < 4.78 is 0. The number of carbonyl (C=O) groups excluding carboxylic acids is 1. The summed E-state index contributed by atoms with van der Waals surface area (Å²) in [5.41, 5.74) is 1.18. The standard InChI is InChI=1S/C19H30N4O/c1-23(2)19(22-15-17-10-4-3-5-11-17)21-13-12-20-18(24)14-16-8-6-7-9-16/h3-5,10-11,16H,6-9,12-15H2,1-2H3,(H,20,24)(H,21,22). The summed E-state index contributed by atoms with van der Waals surface area (Å²) in [6, 6.07) is 10.2. The number of hydrogen-bond acceptors (Lipinski definition) is 2. The highest BCUT2D eigenvalue weighted by atomic mass is 16.1. The molecular weight excluding hydrogens is 300 g/mol. The summed E-state index contributed by atoms with van der Waals surface area (Å²) in [6.45, 7) is 1.96. The maximum absolute atomic E-state index is 11.9. The first-order valence-electron chi connectivity index (χ1n) is 8.91. The molecule has 0 aromatic heterocycles. The van der Waals surface area contributed by atoms with Gasteiger partial charge in [-0.3, -0.25) is 4.79 Å². The minimum absolute atomic E-state index is 0.177. The third-order valence-corrected chi connectivity index (χ3v) is 4.36. The lowest BCUT2D eigenvalue weighted by atomic mass is 10.0. The van der Waals surface area contributed by atoms with Gasteiger partial charge in [0.15, 0.2) is 5.96 Å². The van der Waals surface area contributed by atoms with Crippen LogP contribution in [0.4, 0.5) is 0 Å². The molecule has 0 unspecified atom stereocenters. The lowest BCUT2D eigenvalue weighted by Crippen LogP contribution is -2.41. The number of hydrogen-bond donors (Lipinski definition) is 2. The summed E-state index contributed by atoms with van der Waals surface area (Å²) >= 11 is 0. The zero-order valence-corrected chi connectivity index (χ0v) is 14.9. The fourth-order valence-electron chi connectivity index (χ4n) is 3.03. The number of nitrogens with zero attached hydrogens (tertiary/aromatic N) is 2. The first-order valence-corrected chi connectivity index (χ1v) is 8.91. The molecule has 0 radical (unpaired) electrons. The molecular formula is C19H30N4O. The van der Waals surface area contributed by atoms with Gasteiger partial charge in [-0.15, -0.1) is 0 Å². The second-order valence-electron chi connectivity index (χ2n) is 6.65. The van der Waals surface area contributed by atoms with Crippen molar-refractivity contribution in [2.75, 3.05) is 27.2 Å². The van der Waals surface area contributed by atoms with Crippen LogP contribution in [-0.4, -0.2) is 44.0 Å². The number of benzene rings is 1. The molecule has 1 fully saturated rings. The van der Waals surface area contributed by atoms with Gasteiger partial charge in [-0.25, -0.2) is 4.99 Å². The molecule has 2 rings (SSSR count). The normalized spacial score (nSPS) is 15.3. The van der Waals surface area contributed by atoms with Crippen LogP contribution in [-0.2, 0) is 11.3 Å². The Hall–Kier alpha value is -2.04. The number of guanidine groups is 1. The summed E-state index contributed by atoms with van der Waals surface area (Å²) in [4.78, 5) is 18.5. The molecule has 1 aromatic rings. The Labute approximate surface area is 145 Å². The summed E-state index contributed by atoms with van der Waals surface area (Å²) in [5.74, 6) is 1.61. The van der Waals surface area contributed by atoms with Gasteiger partial charge in [-0.05, 0) is 24.3 Å². The molecule has 1 amide bonds. The van der Waals surface area contributed by atoms with E-state index in [9.17, 15) is 4.79 Å². The van der Waals surface area contributed by atoms with E-state index in [1.165, 1.54) is 31.2 Å². The monoisotopic (exact) mass is 330 g/mol. The van der Waals surface area contributed by atoms with Gasteiger partial charge >= 0.3 is 0 Å². The van der Waals surface area contributed by atoms with Gasteiger partial charge in [0, 0.05) is 33.6 Å². The molecule has 0 heterocycles. The van der Waals surface area contributed by atoms with Crippen LogP contribution in [0.5, 0.6) is 0 Å². The zero-order valence-electron chi connectivity index (χ0n) is 14.9. The number of nitrogens with one attached hydrogen (secondary N) is 2. The lowest BCUT2D eigenvalue weighted by Gasteiger charge is -2.18. The van der Waals surface area contributed by atoms with Crippen LogP contribution < -0.4 is 10.6 Å². The molecule has 5 heteroatoms. The summed E-state index contributed by atoms with van der Waals surface area (Å²) in [6.07, 6.45) is 5.67. The van der Waals surface area contributed by atoms with Gasteiger partial charge in [0.1, 0.15) is 0 Å². The van der Waals surface area contributed by atoms with E-state index >= 15 is 0 Å². The second kappa shape index (κ2) is 9.96. The number of aliphatic imine (C=N–C) groups is 1. The van der Waals surface area contributed by atoms with Crippen LogP contribution in [0.3, 0.4) is 0 Å². The first kappa shape index (κ1) is 18.3. The SMILES string of the molecule is CN(C)C(=NCc1ccccc1)NCCNC(=O)CC1CCCC1. The van der Waals surface area contributed by atoms with Crippen LogP contribution in [0.2, 0.25) is 0 Å². The highest BCUT2D eigenvalue weighted by Gasteiger charge is 2.17. The Morgan fingerprint density at radius 2 is 1.79 bits per heavy atom. The van der Waals surface area contributed by atoms with Gasteiger partial charge in [-0.1, -0.05) is 43.2 Å². The van der Waals surface area contributed by atoms with Crippen molar-refractivity contribution < 1.29 is 4.79 Å². The smallest absolute Gasteiger partial charge is 0.220 e. The minimum atomic E-state index is 0.177. The molecule has 1 aliphatic carbocycles. The molecule has 0 saturated heterocycles.